The zero-order valence-corrected chi connectivity index (χ0v) is 10.2. The van der Waals surface area contributed by atoms with E-state index in [9.17, 15) is 4.79 Å². The third-order valence-corrected chi connectivity index (χ3v) is 2.45. The van der Waals surface area contributed by atoms with Crippen molar-refractivity contribution in [2.75, 3.05) is 5.32 Å². The summed E-state index contributed by atoms with van der Waals surface area (Å²) < 4.78 is 0. The van der Waals surface area contributed by atoms with Gasteiger partial charge >= 0.3 is 0 Å². The predicted octanol–water partition coefficient (Wildman–Crippen LogP) is 2.33. The molecule has 0 aromatic carbocycles. The van der Waals surface area contributed by atoms with Crippen molar-refractivity contribution in [3.8, 4) is 0 Å². The minimum absolute atomic E-state index is 0.246. The monoisotopic (exact) mass is 250 g/mol. The standard InChI is InChI=1S/C11H11ClN4O/c1-6-5-13-16-10(6)15-11(17)8-3-7(2)14-9(12)4-8/h3-5H,1-2H3,(H2,13,15,16,17). The number of H-pyrrole nitrogens is 1. The highest BCUT2D eigenvalue weighted by atomic mass is 35.5. The van der Waals surface area contributed by atoms with Gasteiger partial charge in [0.2, 0.25) is 0 Å². The number of pyridine rings is 1. The summed E-state index contributed by atoms with van der Waals surface area (Å²) in [6, 6.07) is 3.20. The van der Waals surface area contributed by atoms with E-state index in [4.69, 9.17) is 11.6 Å². The van der Waals surface area contributed by atoms with Crippen molar-refractivity contribution in [3.63, 3.8) is 0 Å². The topological polar surface area (TPSA) is 70.7 Å². The lowest BCUT2D eigenvalue weighted by Gasteiger charge is -2.05. The number of amides is 1. The van der Waals surface area contributed by atoms with Crippen LogP contribution in [-0.4, -0.2) is 21.1 Å². The Hall–Kier alpha value is -1.88. The van der Waals surface area contributed by atoms with Gasteiger partial charge in [-0.3, -0.25) is 9.89 Å². The quantitative estimate of drug-likeness (QED) is 0.804. The fourth-order valence-corrected chi connectivity index (χ4v) is 1.67. The molecular formula is C11H11ClN4O. The average molecular weight is 251 g/mol. The third-order valence-electron chi connectivity index (χ3n) is 2.25. The van der Waals surface area contributed by atoms with Crippen molar-refractivity contribution >= 4 is 23.3 Å². The Morgan fingerprint density at radius 3 is 2.76 bits per heavy atom. The van der Waals surface area contributed by atoms with Crippen molar-refractivity contribution in [1.29, 1.82) is 0 Å². The van der Waals surface area contributed by atoms with Gasteiger partial charge in [-0.1, -0.05) is 11.6 Å². The van der Waals surface area contributed by atoms with Gasteiger partial charge in [0, 0.05) is 16.8 Å². The predicted molar refractivity (Wildman–Crippen MR) is 65.3 cm³/mol. The second kappa shape index (κ2) is 4.55. The molecule has 88 valence electrons. The number of hydrogen-bond donors (Lipinski definition) is 2. The van der Waals surface area contributed by atoms with Gasteiger partial charge in [0.1, 0.15) is 11.0 Å². The summed E-state index contributed by atoms with van der Waals surface area (Å²) in [5.41, 5.74) is 2.04. The number of nitrogens with one attached hydrogen (secondary N) is 2. The number of halogens is 1. The first kappa shape index (κ1) is 11.6. The number of aromatic nitrogens is 3. The molecule has 0 unspecified atom stereocenters. The molecule has 0 radical (unpaired) electrons. The van der Waals surface area contributed by atoms with Gasteiger partial charge in [0.25, 0.3) is 5.91 Å². The lowest BCUT2D eigenvalue weighted by molar-refractivity contribution is 0.102. The van der Waals surface area contributed by atoms with Crippen LogP contribution in [0.5, 0.6) is 0 Å². The Morgan fingerprint density at radius 1 is 1.41 bits per heavy atom. The van der Waals surface area contributed by atoms with E-state index in [1.807, 2.05) is 6.92 Å². The lowest BCUT2D eigenvalue weighted by atomic mass is 10.2. The van der Waals surface area contributed by atoms with Gasteiger partial charge in [-0.25, -0.2) is 4.98 Å². The molecule has 17 heavy (non-hydrogen) atoms. The number of carbonyl (C=O) groups is 1. The number of anilines is 1. The lowest BCUT2D eigenvalue weighted by Crippen LogP contribution is -2.13. The molecule has 0 saturated heterocycles. The van der Waals surface area contributed by atoms with Crippen molar-refractivity contribution in [3.05, 3.63) is 40.3 Å². The second-order valence-electron chi connectivity index (χ2n) is 3.70. The summed E-state index contributed by atoms with van der Waals surface area (Å²) in [5.74, 6) is 0.338. The first-order valence-corrected chi connectivity index (χ1v) is 5.39. The Bertz CT molecular complexity index is 544. The Morgan fingerprint density at radius 2 is 2.18 bits per heavy atom. The van der Waals surface area contributed by atoms with Crippen LogP contribution in [0.4, 0.5) is 5.82 Å². The molecule has 2 N–H and O–H groups in total. The summed E-state index contributed by atoms with van der Waals surface area (Å²) in [7, 11) is 0. The summed E-state index contributed by atoms with van der Waals surface area (Å²) in [5, 5.41) is 9.55. The highest BCUT2D eigenvalue weighted by Crippen LogP contribution is 2.14. The van der Waals surface area contributed by atoms with Gasteiger partial charge in [0.15, 0.2) is 0 Å². The average Bonchev–Trinajstić information content (AvgIpc) is 2.63. The van der Waals surface area contributed by atoms with Gasteiger partial charge in [-0.2, -0.15) is 5.10 Å². The zero-order chi connectivity index (χ0) is 12.4. The molecule has 5 nitrogen and oxygen atoms in total. The molecule has 2 aromatic heterocycles. The van der Waals surface area contributed by atoms with Crippen LogP contribution in [0.25, 0.3) is 0 Å². The number of rotatable bonds is 2. The fraction of sp³-hybridized carbons (Fsp3) is 0.182. The van der Waals surface area contributed by atoms with Gasteiger partial charge < -0.3 is 5.32 Å². The Kier molecular flexibility index (Phi) is 3.10. The van der Waals surface area contributed by atoms with Crippen LogP contribution in [0.15, 0.2) is 18.3 Å². The first-order chi connectivity index (χ1) is 8.06. The SMILES string of the molecule is Cc1cc(C(=O)Nc2[nH]ncc2C)cc(Cl)n1. The molecule has 0 bridgehead atoms. The molecule has 0 atom stereocenters. The van der Waals surface area contributed by atoms with E-state index in [1.165, 1.54) is 6.07 Å². The minimum atomic E-state index is -0.246. The molecule has 0 aliphatic heterocycles. The van der Waals surface area contributed by atoms with E-state index in [0.717, 1.165) is 5.56 Å². The molecule has 0 saturated carbocycles. The molecule has 0 spiro atoms. The van der Waals surface area contributed by atoms with Crippen LogP contribution in [0, 0.1) is 13.8 Å². The Balaban J connectivity index is 2.23. The summed E-state index contributed by atoms with van der Waals surface area (Å²) in [6.07, 6.45) is 1.64. The highest BCUT2D eigenvalue weighted by molar-refractivity contribution is 6.29. The van der Waals surface area contributed by atoms with Crippen molar-refractivity contribution in [2.24, 2.45) is 0 Å². The maximum absolute atomic E-state index is 11.9. The number of carbonyl (C=O) groups excluding carboxylic acids is 1. The first-order valence-electron chi connectivity index (χ1n) is 5.02. The van der Waals surface area contributed by atoms with Crippen molar-refractivity contribution in [1.82, 2.24) is 15.2 Å². The number of aromatic amines is 1. The van der Waals surface area contributed by atoms with Gasteiger partial charge in [-0.05, 0) is 26.0 Å². The van der Waals surface area contributed by atoms with Gasteiger partial charge in [-0.15, -0.1) is 0 Å². The fourth-order valence-electron chi connectivity index (χ4n) is 1.42. The number of hydrogen-bond acceptors (Lipinski definition) is 3. The molecule has 0 fully saturated rings. The van der Waals surface area contributed by atoms with Crippen molar-refractivity contribution < 1.29 is 4.79 Å². The Labute approximate surface area is 103 Å². The highest BCUT2D eigenvalue weighted by Gasteiger charge is 2.10. The molecule has 1 amide bonds. The molecule has 2 aromatic rings. The molecule has 2 rings (SSSR count). The smallest absolute Gasteiger partial charge is 0.256 e. The van der Waals surface area contributed by atoms with E-state index in [0.29, 0.717) is 22.2 Å². The second-order valence-corrected chi connectivity index (χ2v) is 4.09. The van der Waals surface area contributed by atoms with Crippen LogP contribution in [-0.2, 0) is 0 Å². The van der Waals surface area contributed by atoms with E-state index in [-0.39, 0.29) is 5.91 Å². The minimum Gasteiger partial charge on any atom is -0.307 e. The molecule has 2 heterocycles. The van der Waals surface area contributed by atoms with Crippen LogP contribution >= 0.6 is 11.6 Å². The number of nitrogens with zero attached hydrogens (tertiary/aromatic N) is 2. The summed E-state index contributed by atoms with van der Waals surface area (Å²) in [4.78, 5) is 15.9. The third kappa shape index (κ3) is 2.62. The molecule has 0 aliphatic rings. The summed E-state index contributed by atoms with van der Waals surface area (Å²) >= 11 is 5.80. The van der Waals surface area contributed by atoms with Crippen LogP contribution in [0.1, 0.15) is 21.6 Å². The van der Waals surface area contributed by atoms with Crippen molar-refractivity contribution in [2.45, 2.75) is 13.8 Å². The number of aryl methyl sites for hydroxylation is 2. The molecule has 0 aliphatic carbocycles. The summed E-state index contributed by atoms with van der Waals surface area (Å²) in [6.45, 7) is 3.63. The normalized spacial score (nSPS) is 10.3. The van der Waals surface area contributed by atoms with Gasteiger partial charge in [0.05, 0.1) is 6.20 Å². The molecular weight excluding hydrogens is 240 g/mol. The maximum Gasteiger partial charge on any atom is 0.256 e. The van der Waals surface area contributed by atoms with Crippen LogP contribution < -0.4 is 5.32 Å². The van der Waals surface area contributed by atoms with Crippen LogP contribution in [0.2, 0.25) is 5.15 Å². The molecule has 6 heteroatoms. The maximum atomic E-state index is 11.9. The van der Waals surface area contributed by atoms with E-state index < -0.39 is 0 Å². The zero-order valence-electron chi connectivity index (χ0n) is 9.41. The largest absolute Gasteiger partial charge is 0.307 e. The van der Waals surface area contributed by atoms with E-state index in [2.05, 4.69) is 20.5 Å². The van der Waals surface area contributed by atoms with E-state index in [1.54, 1.807) is 19.2 Å². The van der Waals surface area contributed by atoms with Crippen LogP contribution in [0.3, 0.4) is 0 Å². The van der Waals surface area contributed by atoms with E-state index >= 15 is 0 Å².